The molecule has 0 radical (unpaired) electrons. The van der Waals surface area contributed by atoms with Crippen LogP contribution in [0.2, 0.25) is 0 Å². The van der Waals surface area contributed by atoms with Crippen LogP contribution in [0, 0.1) is 0 Å². The standard InChI is InChI=1S/C8H12N2S/c1-2-11-8-4-3-7(5-9)10-6-8/h3-4,6H,2,5,9H2,1H3. The van der Waals surface area contributed by atoms with Crippen LogP contribution < -0.4 is 5.73 Å². The number of hydrogen-bond donors (Lipinski definition) is 1. The molecule has 0 fully saturated rings. The van der Waals surface area contributed by atoms with Gasteiger partial charge in [-0.3, -0.25) is 4.98 Å². The van der Waals surface area contributed by atoms with E-state index in [1.165, 1.54) is 4.90 Å². The maximum Gasteiger partial charge on any atom is 0.0540 e. The molecule has 60 valence electrons. The fourth-order valence-corrected chi connectivity index (χ4v) is 1.41. The third kappa shape index (κ3) is 2.52. The molecule has 0 aromatic carbocycles. The van der Waals surface area contributed by atoms with Crippen molar-refractivity contribution < 1.29 is 0 Å². The Kier molecular flexibility index (Phi) is 3.39. The lowest BCUT2D eigenvalue weighted by Crippen LogP contribution is -1.98. The van der Waals surface area contributed by atoms with Gasteiger partial charge in [-0.2, -0.15) is 0 Å². The Labute approximate surface area is 71.2 Å². The minimum atomic E-state index is 0.525. The van der Waals surface area contributed by atoms with Gasteiger partial charge >= 0.3 is 0 Å². The van der Waals surface area contributed by atoms with Gasteiger partial charge in [0.15, 0.2) is 0 Å². The van der Waals surface area contributed by atoms with Gasteiger partial charge in [0.2, 0.25) is 0 Å². The van der Waals surface area contributed by atoms with Crippen LogP contribution in [0.15, 0.2) is 23.2 Å². The summed E-state index contributed by atoms with van der Waals surface area (Å²) in [6, 6.07) is 4.03. The molecular formula is C8H12N2S. The van der Waals surface area contributed by atoms with Crippen molar-refractivity contribution in [3.05, 3.63) is 24.0 Å². The van der Waals surface area contributed by atoms with Crippen LogP contribution in [0.1, 0.15) is 12.6 Å². The number of hydrogen-bond acceptors (Lipinski definition) is 3. The van der Waals surface area contributed by atoms with E-state index >= 15 is 0 Å². The molecular weight excluding hydrogens is 156 g/mol. The van der Waals surface area contributed by atoms with Crippen LogP contribution in [0.25, 0.3) is 0 Å². The largest absolute Gasteiger partial charge is 0.325 e. The molecule has 1 aromatic rings. The summed E-state index contributed by atoms with van der Waals surface area (Å²) in [5.41, 5.74) is 6.35. The van der Waals surface area contributed by atoms with Crippen molar-refractivity contribution in [3.63, 3.8) is 0 Å². The summed E-state index contributed by atoms with van der Waals surface area (Å²) in [7, 11) is 0. The number of nitrogens with two attached hydrogens (primary N) is 1. The van der Waals surface area contributed by atoms with E-state index in [-0.39, 0.29) is 0 Å². The van der Waals surface area contributed by atoms with Gasteiger partial charge in [0.25, 0.3) is 0 Å². The molecule has 0 saturated carbocycles. The first kappa shape index (κ1) is 8.56. The highest BCUT2D eigenvalue weighted by molar-refractivity contribution is 7.99. The quantitative estimate of drug-likeness (QED) is 0.697. The number of aromatic nitrogens is 1. The normalized spacial score (nSPS) is 10.0. The maximum atomic E-state index is 5.40. The van der Waals surface area contributed by atoms with Crippen molar-refractivity contribution in [1.29, 1.82) is 0 Å². The summed E-state index contributed by atoms with van der Waals surface area (Å²) in [6.45, 7) is 2.65. The molecule has 3 heteroatoms. The first-order valence-corrected chi connectivity index (χ1v) is 4.63. The third-order valence-electron chi connectivity index (χ3n) is 1.32. The van der Waals surface area contributed by atoms with Gasteiger partial charge in [-0.25, -0.2) is 0 Å². The smallest absolute Gasteiger partial charge is 0.0540 e. The summed E-state index contributed by atoms with van der Waals surface area (Å²) in [6.07, 6.45) is 1.87. The van der Waals surface area contributed by atoms with Gasteiger partial charge in [0, 0.05) is 17.6 Å². The zero-order valence-electron chi connectivity index (χ0n) is 6.58. The lowest BCUT2D eigenvalue weighted by Gasteiger charge is -1.98. The number of pyridine rings is 1. The molecule has 0 aliphatic carbocycles. The van der Waals surface area contributed by atoms with Gasteiger partial charge in [-0.15, -0.1) is 11.8 Å². The van der Waals surface area contributed by atoms with Crippen LogP contribution in [-0.2, 0) is 6.54 Å². The highest BCUT2D eigenvalue weighted by Crippen LogP contribution is 2.15. The fraction of sp³-hybridized carbons (Fsp3) is 0.375. The van der Waals surface area contributed by atoms with Crippen LogP contribution >= 0.6 is 11.8 Å². The summed E-state index contributed by atoms with van der Waals surface area (Å²) >= 11 is 1.79. The van der Waals surface area contributed by atoms with Crippen molar-refractivity contribution in [3.8, 4) is 0 Å². The van der Waals surface area contributed by atoms with E-state index in [0.29, 0.717) is 6.54 Å². The Hall–Kier alpha value is -0.540. The van der Waals surface area contributed by atoms with E-state index in [9.17, 15) is 0 Å². The topological polar surface area (TPSA) is 38.9 Å². The second-order valence-electron chi connectivity index (χ2n) is 2.12. The van der Waals surface area contributed by atoms with E-state index in [2.05, 4.69) is 18.0 Å². The molecule has 0 saturated heterocycles. The Morgan fingerprint density at radius 1 is 1.55 bits per heavy atom. The van der Waals surface area contributed by atoms with Crippen LogP contribution in [-0.4, -0.2) is 10.7 Å². The average Bonchev–Trinajstić information content (AvgIpc) is 2.07. The van der Waals surface area contributed by atoms with Gasteiger partial charge in [-0.05, 0) is 17.9 Å². The third-order valence-corrected chi connectivity index (χ3v) is 2.18. The SMILES string of the molecule is CCSc1ccc(CN)nc1. The molecule has 2 nitrogen and oxygen atoms in total. The molecule has 0 spiro atoms. The fourth-order valence-electron chi connectivity index (χ4n) is 0.784. The molecule has 0 aliphatic rings. The van der Waals surface area contributed by atoms with Crippen molar-refractivity contribution >= 4 is 11.8 Å². The summed E-state index contributed by atoms with van der Waals surface area (Å²) in [4.78, 5) is 5.38. The number of nitrogens with zero attached hydrogens (tertiary/aromatic N) is 1. The molecule has 1 heterocycles. The average molecular weight is 168 g/mol. The minimum absolute atomic E-state index is 0.525. The van der Waals surface area contributed by atoms with Gasteiger partial charge in [-0.1, -0.05) is 6.92 Å². The molecule has 0 unspecified atom stereocenters. The van der Waals surface area contributed by atoms with E-state index < -0.39 is 0 Å². The van der Waals surface area contributed by atoms with Crippen LogP contribution in [0.5, 0.6) is 0 Å². The predicted octanol–water partition coefficient (Wildman–Crippen LogP) is 1.65. The van der Waals surface area contributed by atoms with Gasteiger partial charge in [0.05, 0.1) is 5.69 Å². The molecule has 11 heavy (non-hydrogen) atoms. The molecule has 0 amide bonds. The molecule has 1 rings (SSSR count). The highest BCUT2D eigenvalue weighted by atomic mass is 32.2. The van der Waals surface area contributed by atoms with E-state index in [0.717, 1.165) is 11.4 Å². The van der Waals surface area contributed by atoms with Crippen molar-refractivity contribution in [2.24, 2.45) is 5.73 Å². The molecule has 0 atom stereocenters. The molecule has 1 aromatic heterocycles. The van der Waals surface area contributed by atoms with Crippen molar-refractivity contribution in [2.45, 2.75) is 18.4 Å². The molecule has 0 bridgehead atoms. The Morgan fingerprint density at radius 3 is 2.82 bits per heavy atom. The zero-order valence-corrected chi connectivity index (χ0v) is 7.40. The first-order valence-electron chi connectivity index (χ1n) is 3.64. The van der Waals surface area contributed by atoms with Crippen molar-refractivity contribution in [1.82, 2.24) is 4.98 Å². The van der Waals surface area contributed by atoms with Crippen molar-refractivity contribution in [2.75, 3.05) is 5.75 Å². The molecule has 0 aliphatic heterocycles. The second-order valence-corrected chi connectivity index (χ2v) is 3.46. The lowest BCUT2D eigenvalue weighted by atomic mass is 10.4. The Morgan fingerprint density at radius 2 is 2.36 bits per heavy atom. The maximum absolute atomic E-state index is 5.40. The van der Waals surface area contributed by atoms with Gasteiger partial charge < -0.3 is 5.73 Å². The Balaban J connectivity index is 2.66. The minimum Gasteiger partial charge on any atom is -0.325 e. The van der Waals surface area contributed by atoms with E-state index in [4.69, 9.17) is 5.73 Å². The van der Waals surface area contributed by atoms with Crippen LogP contribution in [0.4, 0.5) is 0 Å². The van der Waals surface area contributed by atoms with E-state index in [1.807, 2.05) is 12.3 Å². The van der Waals surface area contributed by atoms with Crippen LogP contribution in [0.3, 0.4) is 0 Å². The molecule has 2 N–H and O–H groups in total. The Bertz CT molecular complexity index is 208. The lowest BCUT2D eigenvalue weighted by molar-refractivity contribution is 0.977. The number of thioether (sulfide) groups is 1. The predicted molar refractivity (Wildman–Crippen MR) is 48.5 cm³/mol. The summed E-state index contributed by atoms with van der Waals surface area (Å²) < 4.78 is 0. The first-order chi connectivity index (χ1) is 5.36. The number of rotatable bonds is 3. The second kappa shape index (κ2) is 4.36. The highest BCUT2D eigenvalue weighted by Gasteiger charge is 1.92. The van der Waals surface area contributed by atoms with E-state index in [1.54, 1.807) is 11.8 Å². The van der Waals surface area contributed by atoms with Gasteiger partial charge in [0.1, 0.15) is 0 Å². The summed E-state index contributed by atoms with van der Waals surface area (Å²) in [5, 5.41) is 0. The zero-order chi connectivity index (χ0) is 8.10. The summed E-state index contributed by atoms with van der Waals surface area (Å²) in [5.74, 6) is 1.09. The monoisotopic (exact) mass is 168 g/mol.